The van der Waals surface area contributed by atoms with Crippen LogP contribution in [0.3, 0.4) is 0 Å². The number of hydrogen-bond donors (Lipinski definition) is 1. The van der Waals surface area contributed by atoms with Crippen LogP contribution in [0.25, 0.3) is 0 Å². The Labute approximate surface area is 147 Å². The summed E-state index contributed by atoms with van der Waals surface area (Å²) in [5.41, 5.74) is -0.0519. The second kappa shape index (κ2) is 7.74. The normalized spacial score (nSPS) is 11.3. The number of urea groups is 1. The lowest BCUT2D eigenvalue weighted by atomic mass is 10.1. The average Bonchev–Trinajstić information content (AvgIpc) is 2.55. The monoisotopic (exact) mass is 374 g/mol. The molecule has 25 heavy (non-hydrogen) atoms. The number of alkyl halides is 3. The molecule has 0 spiro atoms. The molecular formula is C17H15ClF4N2O. The first-order chi connectivity index (χ1) is 11.7. The fourth-order valence-electron chi connectivity index (χ4n) is 2.12. The van der Waals surface area contributed by atoms with Crippen molar-refractivity contribution in [3.05, 3.63) is 70.0 Å². The molecule has 2 aromatic rings. The Bertz CT molecular complexity index is 727. The molecule has 3 nitrogen and oxygen atoms in total. The van der Waals surface area contributed by atoms with Crippen molar-refractivity contribution < 1.29 is 22.4 Å². The van der Waals surface area contributed by atoms with Gasteiger partial charge in [0.15, 0.2) is 0 Å². The van der Waals surface area contributed by atoms with E-state index in [2.05, 4.69) is 5.32 Å². The van der Waals surface area contributed by atoms with Gasteiger partial charge in [0.25, 0.3) is 0 Å². The Morgan fingerprint density at radius 1 is 1.16 bits per heavy atom. The fraction of sp³-hybridized carbons (Fsp3) is 0.235. The van der Waals surface area contributed by atoms with Gasteiger partial charge in [-0.3, -0.25) is 0 Å². The SMILES string of the molecule is CN(Cc1c(F)cccc1Cl)C(=O)NCc1ccc(C(F)(F)F)cc1. The first kappa shape index (κ1) is 19.1. The summed E-state index contributed by atoms with van der Waals surface area (Å²) >= 11 is 5.91. The summed E-state index contributed by atoms with van der Waals surface area (Å²) < 4.78 is 51.2. The minimum absolute atomic E-state index is 0.0373. The van der Waals surface area contributed by atoms with E-state index in [-0.39, 0.29) is 23.7 Å². The van der Waals surface area contributed by atoms with Crippen molar-refractivity contribution >= 4 is 17.6 Å². The summed E-state index contributed by atoms with van der Waals surface area (Å²) in [5, 5.41) is 2.77. The maximum absolute atomic E-state index is 13.7. The summed E-state index contributed by atoms with van der Waals surface area (Å²) in [6.45, 7) is 0.0106. The summed E-state index contributed by atoms with van der Waals surface area (Å²) in [5.74, 6) is -0.519. The third kappa shape index (κ3) is 5.09. The minimum Gasteiger partial charge on any atom is -0.334 e. The van der Waals surface area contributed by atoms with Crippen LogP contribution in [0.5, 0.6) is 0 Å². The molecule has 0 unspecified atom stereocenters. The van der Waals surface area contributed by atoms with Gasteiger partial charge in [-0.05, 0) is 29.8 Å². The Hall–Kier alpha value is -2.28. The lowest BCUT2D eigenvalue weighted by molar-refractivity contribution is -0.137. The fourth-order valence-corrected chi connectivity index (χ4v) is 2.34. The van der Waals surface area contributed by atoms with Gasteiger partial charge in [0.05, 0.1) is 12.1 Å². The van der Waals surface area contributed by atoms with Crippen molar-refractivity contribution in [2.75, 3.05) is 7.05 Å². The molecule has 134 valence electrons. The van der Waals surface area contributed by atoms with Crippen LogP contribution in [-0.4, -0.2) is 18.0 Å². The highest BCUT2D eigenvalue weighted by atomic mass is 35.5. The first-order valence-electron chi connectivity index (χ1n) is 7.26. The lowest BCUT2D eigenvalue weighted by Gasteiger charge is -2.19. The van der Waals surface area contributed by atoms with E-state index in [0.29, 0.717) is 5.56 Å². The predicted octanol–water partition coefficient (Wildman–Crippen LogP) is 4.84. The molecule has 0 heterocycles. The van der Waals surface area contributed by atoms with Gasteiger partial charge in [-0.15, -0.1) is 0 Å². The Morgan fingerprint density at radius 2 is 1.80 bits per heavy atom. The van der Waals surface area contributed by atoms with Gasteiger partial charge >= 0.3 is 12.2 Å². The maximum atomic E-state index is 13.7. The molecule has 0 fully saturated rings. The summed E-state index contributed by atoms with van der Waals surface area (Å²) in [7, 11) is 1.46. The standard InChI is InChI=1S/C17H15ClF4N2O/c1-24(10-13-14(18)3-2-4-15(13)19)16(25)23-9-11-5-7-12(8-6-11)17(20,21)22/h2-8H,9-10H2,1H3,(H,23,25). The van der Waals surface area contributed by atoms with Gasteiger partial charge in [-0.25, -0.2) is 9.18 Å². The topological polar surface area (TPSA) is 32.3 Å². The van der Waals surface area contributed by atoms with Crippen molar-refractivity contribution in [3.8, 4) is 0 Å². The van der Waals surface area contributed by atoms with Crippen molar-refractivity contribution in [2.45, 2.75) is 19.3 Å². The molecule has 8 heteroatoms. The van der Waals surface area contributed by atoms with Gasteiger partial charge in [-0.2, -0.15) is 13.2 Å². The molecule has 0 saturated heterocycles. The summed E-state index contributed by atoms with van der Waals surface area (Å²) in [4.78, 5) is 13.3. The third-order valence-electron chi connectivity index (χ3n) is 3.53. The zero-order valence-corrected chi connectivity index (χ0v) is 14.0. The number of hydrogen-bond acceptors (Lipinski definition) is 1. The molecule has 0 aromatic heterocycles. The van der Waals surface area contributed by atoms with Crippen LogP contribution in [0, 0.1) is 5.82 Å². The summed E-state index contributed by atoms with van der Waals surface area (Å²) in [6.07, 6.45) is -4.40. The van der Waals surface area contributed by atoms with E-state index in [1.807, 2.05) is 0 Å². The smallest absolute Gasteiger partial charge is 0.334 e. The van der Waals surface area contributed by atoms with E-state index in [0.717, 1.165) is 12.1 Å². The molecule has 0 saturated carbocycles. The molecule has 0 aliphatic heterocycles. The number of benzene rings is 2. The Kier molecular flexibility index (Phi) is 5.89. The van der Waals surface area contributed by atoms with Crippen molar-refractivity contribution in [2.24, 2.45) is 0 Å². The number of amides is 2. The molecule has 2 aromatic carbocycles. The van der Waals surface area contributed by atoms with Crippen LogP contribution < -0.4 is 5.32 Å². The van der Waals surface area contributed by atoms with Crippen LogP contribution in [0.2, 0.25) is 5.02 Å². The second-order valence-corrected chi connectivity index (χ2v) is 5.82. The first-order valence-corrected chi connectivity index (χ1v) is 7.64. The molecule has 0 aliphatic rings. The number of carbonyl (C=O) groups is 1. The lowest BCUT2D eigenvalue weighted by Crippen LogP contribution is -2.36. The molecule has 0 bridgehead atoms. The predicted molar refractivity (Wildman–Crippen MR) is 86.6 cm³/mol. The van der Waals surface area contributed by atoms with E-state index >= 15 is 0 Å². The number of carbonyl (C=O) groups excluding carboxylic acids is 1. The van der Waals surface area contributed by atoms with Gasteiger partial charge in [0.2, 0.25) is 0 Å². The van der Waals surface area contributed by atoms with E-state index in [4.69, 9.17) is 11.6 Å². The van der Waals surface area contributed by atoms with Crippen molar-refractivity contribution in [1.82, 2.24) is 10.2 Å². The van der Waals surface area contributed by atoms with E-state index in [9.17, 15) is 22.4 Å². The number of rotatable bonds is 4. The van der Waals surface area contributed by atoms with Crippen molar-refractivity contribution in [1.29, 1.82) is 0 Å². The summed E-state index contributed by atoms with van der Waals surface area (Å²) in [6, 6.07) is 8.20. The van der Waals surface area contributed by atoms with Gasteiger partial charge < -0.3 is 10.2 Å². The maximum Gasteiger partial charge on any atom is 0.416 e. The largest absolute Gasteiger partial charge is 0.416 e. The zero-order chi connectivity index (χ0) is 18.6. The minimum atomic E-state index is -4.40. The highest BCUT2D eigenvalue weighted by molar-refractivity contribution is 6.31. The van der Waals surface area contributed by atoms with Crippen LogP contribution in [0.1, 0.15) is 16.7 Å². The molecule has 1 N–H and O–H groups in total. The molecule has 0 aliphatic carbocycles. The average molecular weight is 375 g/mol. The Balaban J connectivity index is 1.93. The van der Waals surface area contributed by atoms with Crippen LogP contribution in [-0.2, 0) is 19.3 Å². The van der Waals surface area contributed by atoms with Gasteiger partial charge in [0.1, 0.15) is 5.82 Å². The van der Waals surface area contributed by atoms with Crippen LogP contribution in [0.4, 0.5) is 22.4 Å². The molecule has 2 amide bonds. The highest BCUT2D eigenvalue weighted by Gasteiger charge is 2.29. The van der Waals surface area contributed by atoms with Crippen molar-refractivity contribution in [3.63, 3.8) is 0 Å². The van der Waals surface area contributed by atoms with E-state index in [1.54, 1.807) is 0 Å². The van der Waals surface area contributed by atoms with E-state index in [1.165, 1.54) is 42.3 Å². The third-order valence-corrected chi connectivity index (χ3v) is 3.88. The second-order valence-electron chi connectivity index (χ2n) is 5.41. The Morgan fingerprint density at radius 3 is 2.36 bits per heavy atom. The highest BCUT2D eigenvalue weighted by Crippen LogP contribution is 2.29. The quantitative estimate of drug-likeness (QED) is 0.763. The molecule has 2 rings (SSSR count). The molecule has 0 radical (unpaired) electrons. The zero-order valence-electron chi connectivity index (χ0n) is 13.2. The van der Waals surface area contributed by atoms with Gasteiger partial charge in [0, 0.05) is 24.2 Å². The number of nitrogens with zero attached hydrogens (tertiary/aromatic N) is 1. The number of halogens is 5. The van der Waals surface area contributed by atoms with Crippen LogP contribution >= 0.6 is 11.6 Å². The van der Waals surface area contributed by atoms with Crippen LogP contribution in [0.15, 0.2) is 42.5 Å². The van der Waals surface area contributed by atoms with Gasteiger partial charge in [-0.1, -0.05) is 29.8 Å². The van der Waals surface area contributed by atoms with E-state index < -0.39 is 23.6 Å². The molecular weight excluding hydrogens is 360 g/mol. The molecule has 0 atom stereocenters. The number of nitrogens with one attached hydrogen (secondary N) is 1.